The van der Waals surface area contributed by atoms with Gasteiger partial charge in [0.05, 0.1) is 5.69 Å². The molecular formula is C14H22N4O. The topological polar surface area (TPSA) is 59.1 Å². The van der Waals surface area contributed by atoms with Crippen LogP contribution in [0.5, 0.6) is 0 Å². The summed E-state index contributed by atoms with van der Waals surface area (Å²) in [5.41, 5.74) is 2.42. The van der Waals surface area contributed by atoms with Gasteiger partial charge in [-0.2, -0.15) is 0 Å². The molecule has 5 heteroatoms. The molecule has 2 unspecified atom stereocenters. The Hall–Kier alpha value is -1.20. The first-order valence-electron chi connectivity index (χ1n) is 7.18. The Labute approximate surface area is 114 Å². The second-order valence-corrected chi connectivity index (χ2v) is 5.60. The Morgan fingerprint density at radius 3 is 2.89 bits per heavy atom. The zero-order valence-electron chi connectivity index (χ0n) is 11.6. The molecule has 3 rings (SSSR count). The van der Waals surface area contributed by atoms with Crippen LogP contribution < -0.4 is 10.6 Å². The number of nitrogens with zero attached hydrogens (tertiary/aromatic N) is 2. The summed E-state index contributed by atoms with van der Waals surface area (Å²) in [5.74, 6) is 1.25. The predicted molar refractivity (Wildman–Crippen MR) is 74.3 cm³/mol. The second-order valence-electron chi connectivity index (χ2n) is 5.60. The largest absolute Gasteiger partial charge is 0.381 e. The third kappa shape index (κ3) is 2.72. The van der Waals surface area contributed by atoms with Crippen molar-refractivity contribution in [3.8, 4) is 0 Å². The van der Waals surface area contributed by atoms with Crippen LogP contribution in [-0.4, -0.2) is 35.8 Å². The molecule has 0 radical (unpaired) electrons. The van der Waals surface area contributed by atoms with E-state index in [2.05, 4.69) is 29.5 Å². The molecule has 2 N–H and O–H groups in total. The summed E-state index contributed by atoms with van der Waals surface area (Å²) in [6.07, 6.45) is 4.06. The smallest absolute Gasteiger partial charge is 0.223 e. The molecule has 0 spiro atoms. The van der Waals surface area contributed by atoms with Gasteiger partial charge in [-0.25, -0.2) is 9.97 Å². The molecule has 0 saturated carbocycles. The molecule has 0 bridgehead atoms. The van der Waals surface area contributed by atoms with Crippen LogP contribution in [-0.2, 0) is 4.74 Å². The van der Waals surface area contributed by atoms with Gasteiger partial charge in [-0.15, -0.1) is 0 Å². The standard InChI is InChI=1S/C14H22N4O/c1-9-7-15-10(2)13-12(9)8-16-14(18-13)17-11-3-5-19-6-4-11/h8-11,15H,3-7H2,1-2H3,(H,16,17,18). The van der Waals surface area contributed by atoms with Gasteiger partial charge in [0.1, 0.15) is 0 Å². The molecule has 104 valence electrons. The Kier molecular flexibility index (Phi) is 3.66. The number of nitrogens with one attached hydrogen (secondary N) is 2. The lowest BCUT2D eigenvalue weighted by Crippen LogP contribution is -2.33. The van der Waals surface area contributed by atoms with E-state index in [0.717, 1.165) is 44.2 Å². The summed E-state index contributed by atoms with van der Waals surface area (Å²) < 4.78 is 5.37. The average molecular weight is 262 g/mol. The molecule has 1 aromatic heterocycles. The minimum absolute atomic E-state index is 0.310. The number of hydrogen-bond acceptors (Lipinski definition) is 5. The molecular weight excluding hydrogens is 240 g/mol. The highest BCUT2D eigenvalue weighted by Crippen LogP contribution is 2.28. The summed E-state index contributed by atoms with van der Waals surface area (Å²) >= 11 is 0. The molecule has 0 amide bonds. The quantitative estimate of drug-likeness (QED) is 0.851. The van der Waals surface area contributed by atoms with Gasteiger partial charge in [-0.3, -0.25) is 0 Å². The van der Waals surface area contributed by atoms with E-state index in [1.807, 2.05) is 6.20 Å². The third-order valence-corrected chi connectivity index (χ3v) is 4.07. The fourth-order valence-corrected chi connectivity index (χ4v) is 2.79. The van der Waals surface area contributed by atoms with E-state index < -0.39 is 0 Å². The van der Waals surface area contributed by atoms with Crippen molar-refractivity contribution in [1.82, 2.24) is 15.3 Å². The predicted octanol–water partition coefficient (Wildman–Crippen LogP) is 1.84. The van der Waals surface area contributed by atoms with Crippen LogP contribution in [0.3, 0.4) is 0 Å². The van der Waals surface area contributed by atoms with Crippen LogP contribution in [0.2, 0.25) is 0 Å². The number of ether oxygens (including phenoxy) is 1. The Bertz CT molecular complexity index is 445. The molecule has 0 aromatic carbocycles. The molecule has 1 fully saturated rings. The van der Waals surface area contributed by atoms with E-state index in [1.54, 1.807) is 0 Å². The summed E-state index contributed by atoms with van der Waals surface area (Å²) in [6.45, 7) is 7.04. The SMILES string of the molecule is CC1CNC(C)c2nc(NC3CCOCC3)ncc21. The summed E-state index contributed by atoms with van der Waals surface area (Å²) in [4.78, 5) is 9.19. The van der Waals surface area contributed by atoms with E-state index in [9.17, 15) is 0 Å². The zero-order valence-corrected chi connectivity index (χ0v) is 11.6. The van der Waals surface area contributed by atoms with Crippen LogP contribution in [0.15, 0.2) is 6.20 Å². The van der Waals surface area contributed by atoms with Gasteiger partial charge in [-0.1, -0.05) is 6.92 Å². The highest BCUT2D eigenvalue weighted by Gasteiger charge is 2.24. The zero-order chi connectivity index (χ0) is 13.2. The first-order valence-corrected chi connectivity index (χ1v) is 7.18. The summed E-state index contributed by atoms with van der Waals surface area (Å²) in [7, 11) is 0. The first-order chi connectivity index (χ1) is 9.24. The van der Waals surface area contributed by atoms with Gasteiger partial charge in [-0.05, 0) is 31.2 Å². The van der Waals surface area contributed by atoms with Gasteiger partial charge in [0, 0.05) is 38.0 Å². The van der Waals surface area contributed by atoms with Gasteiger partial charge in [0.15, 0.2) is 0 Å². The lowest BCUT2D eigenvalue weighted by Gasteiger charge is -2.28. The first kappa shape index (κ1) is 12.8. The Morgan fingerprint density at radius 2 is 2.11 bits per heavy atom. The minimum Gasteiger partial charge on any atom is -0.381 e. The van der Waals surface area contributed by atoms with Gasteiger partial charge >= 0.3 is 0 Å². The van der Waals surface area contributed by atoms with Gasteiger partial charge < -0.3 is 15.4 Å². The Morgan fingerprint density at radius 1 is 1.32 bits per heavy atom. The number of aromatic nitrogens is 2. The molecule has 3 heterocycles. The minimum atomic E-state index is 0.310. The van der Waals surface area contributed by atoms with Crippen molar-refractivity contribution >= 4 is 5.95 Å². The molecule has 2 aliphatic heterocycles. The van der Waals surface area contributed by atoms with Crippen molar-refractivity contribution in [2.24, 2.45) is 0 Å². The fourth-order valence-electron chi connectivity index (χ4n) is 2.79. The van der Waals surface area contributed by atoms with Gasteiger partial charge in [0.25, 0.3) is 0 Å². The van der Waals surface area contributed by atoms with Crippen molar-refractivity contribution in [1.29, 1.82) is 0 Å². The lowest BCUT2D eigenvalue weighted by atomic mass is 9.94. The average Bonchev–Trinajstić information content (AvgIpc) is 2.44. The summed E-state index contributed by atoms with van der Waals surface area (Å²) in [6, 6.07) is 0.750. The highest BCUT2D eigenvalue weighted by molar-refractivity contribution is 5.35. The molecule has 0 aliphatic carbocycles. The lowest BCUT2D eigenvalue weighted by molar-refractivity contribution is 0.0903. The number of anilines is 1. The van der Waals surface area contributed by atoms with Crippen molar-refractivity contribution in [2.75, 3.05) is 25.1 Å². The molecule has 1 aromatic rings. The van der Waals surface area contributed by atoms with E-state index in [4.69, 9.17) is 9.72 Å². The van der Waals surface area contributed by atoms with Crippen LogP contribution in [0.25, 0.3) is 0 Å². The number of hydrogen-bond donors (Lipinski definition) is 2. The van der Waals surface area contributed by atoms with Crippen molar-refractivity contribution < 1.29 is 4.74 Å². The van der Waals surface area contributed by atoms with Gasteiger partial charge in [0.2, 0.25) is 5.95 Å². The molecule has 2 aliphatic rings. The van der Waals surface area contributed by atoms with Crippen molar-refractivity contribution in [3.63, 3.8) is 0 Å². The van der Waals surface area contributed by atoms with Crippen molar-refractivity contribution in [3.05, 3.63) is 17.5 Å². The third-order valence-electron chi connectivity index (χ3n) is 4.07. The second kappa shape index (κ2) is 5.43. The number of fused-ring (bicyclic) bond motifs is 1. The van der Waals surface area contributed by atoms with E-state index in [0.29, 0.717) is 18.0 Å². The van der Waals surface area contributed by atoms with Crippen LogP contribution in [0.4, 0.5) is 5.95 Å². The maximum atomic E-state index is 5.37. The maximum Gasteiger partial charge on any atom is 0.223 e. The monoisotopic (exact) mass is 262 g/mol. The highest BCUT2D eigenvalue weighted by atomic mass is 16.5. The van der Waals surface area contributed by atoms with Crippen molar-refractivity contribution in [2.45, 2.75) is 44.7 Å². The molecule has 5 nitrogen and oxygen atoms in total. The molecule has 2 atom stereocenters. The van der Waals surface area contributed by atoms with E-state index in [1.165, 1.54) is 5.56 Å². The molecule has 19 heavy (non-hydrogen) atoms. The Balaban J connectivity index is 1.78. The van der Waals surface area contributed by atoms with E-state index in [-0.39, 0.29) is 0 Å². The number of rotatable bonds is 2. The van der Waals surface area contributed by atoms with Crippen LogP contribution >= 0.6 is 0 Å². The van der Waals surface area contributed by atoms with Crippen LogP contribution in [0.1, 0.15) is 49.9 Å². The van der Waals surface area contributed by atoms with E-state index >= 15 is 0 Å². The maximum absolute atomic E-state index is 5.37. The fraction of sp³-hybridized carbons (Fsp3) is 0.714. The normalized spacial score (nSPS) is 27.9. The van der Waals surface area contributed by atoms with Crippen LogP contribution in [0, 0.1) is 0 Å². The molecule has 1 saturated heterocycles. The summed E-state index contributed by atoms with van der Waals surface area (Å²) in [5, 5.41) is 6.92.